The minimum Gasteiger partial charge on any atom is -0.490 e. The molecule has 1 nitrogen and oxygen atoms in total. The standard InChI is InChI=1S/C17H22ClFO/c1-12-6-7-13(10-14(12)19)20-16-11-15(18)17(16)8-4-2-3-5-9-17/h6-7,10,15-16H,2-5,8-9,11H2,1H3. The maximum atomic E-state index is 13.6. The fourth-order valence-corrected chi connectivity index (χ4v) is 4.22. The molecule has 1 aromatic carbocycles. The van der Waals surface area contributed by atoms with Crippen molar-refractivity contribution >= 4 is 11.6 Å². The molecular weight excluding hydrogens is 275 g/mol. The van der Waals surface area contributed by atoms with Crippen molar-refractivity contribution in [2.75, 3.05) is 0 Å². The molecular formula is C17H22ClFO. The van der Waals surface area contributed by atoms with E-state index in [1.807, 2.05) is 6.07 Å². The first-order valence-corrected chi connectivity index (χ1v) is 8.12. The lowest BCUT2D eigenvalue weighted by molar-refractivity contribution is -0.0513. The lowest BCUT2D eigenvalue weighted by atomic mass is 9.61. The average Bonchev–Trinajstić information content (AvgIpc) is 2.70. The molecule has 0 aliphatic heterocycles. The molecule has 0 amide bonds. The highest BCUT2D eigenvalue weighted by molar-refractivity contribution is 6.21. The van der Waals surface area contributed by atoms with E-state index < -0.39 is 0 Å². The van der Waals surface area contributed by atoms with Gasteiger partial charge in [0, 0.05) is 23.3 Å². The minimum absolute atomic E-state index is 0.124. The third kappa shape index (κ3) is 2.43. The molecule has 110 valence electrons. The second-order valence-corrected chi connectivity index (χ2v) is 6.89. The maximum Gasteiger partial charge on any atom is 0.129 e. The number of benzene rings is 1. The molecule has 0 saturated heterocycles. The Morgan fingerprint density at radius 1 is 1.20 bits per heavy atom. The topological polar surface area (TPSA) is 9.23 Å². The van der Waals surface area contributed by atoms with E-state index in [2.05, 4.69) is 0 Å². The summed E-state index contributed by atoms with van der Waals surface area (Å²) in [7, 11) is 0. The van der Waals surface area contributed by atoms with Gasteiger partial charge in [-0.05, 0) is 31.4 Å². The third-order valence-corrected chi connectivity index (χ3v) is 5.75. The first kappa shape index (κ1) is 14.2. The Morgan fingerprint density at radius 2 is 1.90 bits per heavy atom. The molecule has 2 atom stereocenters. The van der Waals surface area contributed by atoms with E-state index in [9.17, 15) is 4.39 Å². The van der Waals surface area contributed by atoms with Crippen LogP contribution in [0.4, 0.5) is 4.39 Å². The highest BCUT2D eigenvalue weighted by atomic mass is 35.5. The summed E-state index contributed by atoms with van der Waals surface area (Å²) in [6.07, 6.45) is 8.44. The van der Waals surface area contributed by atoms with Crippen LogP contribution < -0.4 is 4.74 Å². The SMILES string of the molecule is Cc1ccc(OC2CC(Cl)C23CCCCCC3)cc1F. The van der Waals surface area contributed by atoms with Crippen molar-refractivity contribution in [1.29, 1.82) is 0 Å². The molecule has 20 heavy (non-hydrogen) atoms. The molecule has 2 unspecified atom stereocenters. The molecule has 2 aliphatic rings. The molecule has 0 bridgehead atoms. The van der Waals surface area contributed by atoms with Gasteiger partial charge in [-0.1, -0.05) is 31.7 Å². The summed E-state index contributed by atoms with van der Waals surface area (Å²) < 4.78 is 19.7. The van der Waals surface area contributed by atoms with Crippen molar-refractivity contribution < 1.29 is 9.13 Å². The Bertz CT molecular complexity index is 480. The smallest absolute Gasteiger partial charge is 0.129 e. The van der Waals surface area contributed by atoms with Crippen molar-refractivity contribution in [1.82, 2.24) is 0 Å². The molecule has 1 spiro atoms. The van der Waals surface area contributed by atoms with Crippen LogP contribution >= 0.6 is 11.6 Å². The summed E-state index contributed by atoms with van der Waals surface area (Å²) in [4.78, 5) is 0. The number of hydrogen-bond donors (Lipinski definition) is 0. The monoisotopic (exact) mass is 296 g/mol. The van der Waals surface area contributed by atoms with Gasteiger partial charge in [0.15, 0.2) is 0 Å². The van der Waals surface area contributed by atoms with E-state index in [-0.39, 0.29) is 22.7 Å². The van der Waals surface area contributed by atoms with Crippen molar-refractivity contribution in [3.8, 4) is 5.75 Å². The van der Waals surface area contributed by atoms with Crippen LogP contribution in [0.2, 0.25) is 0 Å². The van der Waals surface area contributed by atoms with Crippen LogP contribution in [0.15, 0.2) is 18.2 Å². The summed E-state index contributed by atoms with van der Waals surface area (Å²) in [5.74, 6) is 0.449. The van der Waals surface area contributed by atoms with Crippen molar-refractivity contribution in [3.63, 3.8) is 0 Å². The van der Waals surface area contributed by atoms with Crippen LogP contribution in [0.1, 0.15) is 50.5 Å². The quantitative estimate of drug-likeness (QED) is 0.679. The number of hydrogen-bond acceptors (Lipinski definition) is 1. The van der Waals surface area contributed by atoms with E-state index in [4.69, 9.17) is 16.3 Å². The number of halogens is 2. The summed E-state index contributed by atoms with van der Waals surface area (Å²) in [5, 5.41) is 0.223. The molecule has 2 aliphatic carbocycles. The highest BCUT2D eigenvalue weighted by Gasteiger charge is 2.55. The number of rotatable bonds is 2. The fourth-order valence-electron chi connectivity index (χ4n) is 3.70. The molecule has 2 fully saturated rings. The lowest BCUT2D eigenvalue weighted by Crippen LogP contribution is -2.57. The molecule has 3 heteroatoms. The first-order valence-electron chi connectivity index (χ1n) is 7.69. The molecule has 0 aromatic heterocycles. The van der Waals surface area contributed by atoms with Gasteiger partial charge in [0.05, 0.1) is 0 Å². The van der Waals surface area contributed by atoms with E-state index in [0.717, 1.165) is 19.3 Å². The van der Waals surface area contributed by atoms with Crippen LogP contribution in [0.5, 0.6) is 5.75 Å². The lowest BCUT2D eigenvalue weighted by Gasteiger charge is -2.53. The Hall–Kier alpha value is -0.760. The number of aryl methyl sites for hydroxylation is 1. The predicted octanol–water partition coefficient (Wildman–Crippen LogP) is 5.23. The van der Waals surface area contributed by atoms with Gasteiger partial charge in [0.25, 0.3) is 0 Å². The molecule has 0 heterocycles. The Balaban J connectivity index is 1.75. The highest BCUT2D eigenvalue weighted by Crippen LogP contribution is 2.55. The van der Waals surface area contributed by atoms with Gasteiger partial charge in [-0.15, -0.1) is 11.6 Å². The normalized spacial score (nSPS) is 28.8. The van der Waals surface area contributed by atoms with Gasteiger partial charge >= 0.3 is 0 Å². The van der Waals surface area contributed by atoms with Crippen molar-refractivity contribution in [2.45, 2.75) is 63.4 Å². The molecule has 3 rings (SSSR count). The van der Waals surface area contributed by atoms with Gasteiger partial charge in [-0.3, -0.25) is 0 Å². The van der Waals surface area contributed by atoms with Gasteiger partial charge < -0.3 is 4.74 Å². The van der Waals surface area contributed by atoms with Crippen LogP contribution in [0, 0.1) is 18.2 Å². The van der Waals surface area contributed by atoms with Gasteiger partial charge in [0.2, 0.25) is 0 Å². The maximum absolute atomic E-state index is 13.6. The summed E-state index contributed by atoms with van der Waals surface area (Å²) in [5.41, 5.74) is 0.782. The van der Waals surface area contributed by atoms with Crippen molar-refractivity contribution in [2.24, 2.45) is 5.41 Å². The van der Waals surface area contributed by atoms with Crippen LogP contribution in [0.25, 0.3) is 0 Å². The Labute approximate surface area is 125 Å². The van der Waals surface area contributed by atoms with E-state index >= 15 is 0 Å². The van der Waals surface area contributed by atoms with Crippen LogP contribution in [0.3, 0.4) is 0 Å². The van der Waals surface area contributed by atoms with E-state index in [1.165, 1.54) is 31.7 Å². The summed E-state index contributed by atoms with van der Waals surface area (Å²) in [6.45, 7) is 1.77. The Kier molecular flexibility index (Phi) is 3.94. The third-order valence-electron chi connectivity index (χ3n) is 5.14. The molecule has 1 aromatic rings. The summed E-state index contributed by atoms with van der Waals surface area (Å²) >= 11 is 6.52. The molecule has 0 radical (unpaired) electrons. The van der Waals surface area contributed by atoms with Crippen molar-refractivity contribution in [3.05, 3.63) is 29.6 Å². The second kappa shape index (κ2) is 5.55. The predicted molar refractivity (Wildman–Crippen MR) is 79.9 cm³/mol. The summed E-state index contributed by atoms with van der Waals surface area (Å²) in [6, 6.07) is 5.15. The van der Waals surface area contributed by atoms with Gasteiger partial charge in [-0.2, -0.15) is 0 Å². The zero-order valence-corrected chi connectivity index (χ0v) is 12.8. The Morgan fingerprint density at radius 3 is 2.50 bits per heavy atom. The molecule has 0 N–H and O–H groups in total. The van der Waals surface area contributed by atoms with Crippen LogP contribution in [-0.4, -0.2) is 11.5 Å². The van der Waals surface area contributed by atoms with E-state index in [1.54, 1.807) is 13.0 Å². The number of alkyl halides is 1. The number of ether oxygens (including phenoxy) is 1. The zero-order valence-electron chi connectivity index (χ0n) is 12.0. The fraction of sp³-hybridized carbons (Fsp3) is 0.647. The van der Waals surface area contributed by atoms with E-state index in [0.29, 0.717) is 11.3 Å². The van der Waals surface area contributed by atoms with Gasteiger partial charge in [-0.25, -0.2) is 4.39 Å². The second-order valence-electron chi connectivity index (χ2n) is 6.37. The average molecular weight is 297 g/mol. The minimum atomic E-state index is -0.195. The molecule has 2 saturated carbocycles. The zero-order chi connectivity index (χ0) is 14.2. The van der Waals surface area contributed by atoms with Gasteiger partial charge in [0.1, 0.15) is 17.7 Å². The van der Waals surface area contributed by atoms with Crippen LogP contribution in [-0.2, 0) is 0 Å². The first-order chi connectivity index (χ1) is 9.62. The largest absolute Gasteiger partial charge is 0.490 e.